The van der Waals surface area contributed by atoms with Crippen molar-refractivity contribution in [3.8, 4) is 0 Å². The molecule has 1 aliphatic rings. The van der Waals surface area contributed by atoms with Gasteiger partial charge in [-0.1, -0.05) is 25.1 Å². The van der Waals surface area contributed by atoms with Crippen molar-refractivity contribution in [2.75, 3.05) is 49.5 Å². The van der Waals surface area contributed by atoms with Gasteiger partial charge in [-0.2, -0.15) is 0 Å². The highest BCUT2D eigenvalue weighted by Crippen LogP contribution is 2.16. The Morgan fingerprint density at radius 1 is 0.967 bits per heavy atom. The number of piperazine rings is 1. The number of rotatable bonds is 9. The van der Waals surface area contributed by atoms with Crippen LogP contribution in [-0.2, 0) is 14.8 Å². The number of nitrogens with zero attached hydrogens (tertiary/aromatic N) is 2. The highest BCUT2D eigenvalue weighted by molar-refractivity contribution is 7.89. The van der Waals surface area contributed by atoms with Crippen LogP contribution in [-0.4, -0.2) is 58.5 Å². The molecule has 0 aromatic heterocycles. The van der Waals surface area contributed by atoms with Crippen LogP contribution in [0.2, 0.25) is 0 Å². The number of para-hydroxylation sites is 1. The molecule has 0 saturated carbocycles. The second kappa shape index (κ2) is 10.6. The molecule has 2 aromatic carbocycles. The smallest absolute Gasteiger partial charge is 0.240 e. The van der Waals surface area contributed by atoms with Crippen molar-refractivity contribution in [1.29, 1.82) is 0 Å². The molecule has 1 saturated heterocycles. The van der Waals surface area contributed by atoms with Crippen LogP contribution >= 0.6 is 0 Å². The summed E-state index contributed by atoms with van der Waals surface area (Å²) in [6, 6.07) is 16.6. The fraction of sp³-hybridized carbons (Fsp3) is 0.409. The summed E-state index contributed by atoms with van der Waals surface area (Å²) in [4.78, 5) is 16.5. The van der Waals surface area contributed by atoms with Crippen molar-refractivity contribution in [3.05, 3.63) is 54.6 Å². The fourth-order valence-electron chi connectivity index (χ4n) is 3.46. The summed E-state index contributed by atoms with van der Waals surface area (Å²) >= 11 is 0. The van der Waals surface area contributed by atoms with Gasteiger partial charge in [-0.15, -0.1) is 0 Å². The molecule has 30 heavy (non-hydrogen) atoms. The predicted octanol–water partition coefficient (Wildman–Crippen LogP) is 2.53. The Morgan fingerprint density at radius 3 is 2.27 bits per heavy atom. The molecule has 1 amide bonds. The first-order valence-electron chi connectivity index (χ1n) is 10.4. The van der Waals surface area contributed by atoms with Gasteiger partial charge in [0.05, 0.1) is 4.90 Å². The number of hydrogen-bond acceptors (Lipinski definition) is 5. The number of amides is 1. The van der Waals surface area contributed by atoms with E-state index in [0.29, 0.717) is 25.2 Å². The number of carbonyl (C=O) groups is 1. The van der Waals surface area contributed by atoms with E-state index in [4.69, 9.17) is 0 Å². The Balaban J connectivity index is 1.43. The second-order valence-corrected chi connectivity index (χ2v) is 9.15. The molecule has 3 rings (SSSR count). The summed E-state index contributed by atoms with van der Waals surface area (Å²) in [5.41, 5.74) is 1.83. The average molecular weight is 431 g/mol. The molecular weight excluding hydrogens is 400 g/mol. The molecule has 0 radical (unpaired) electrons. The molecule has 0 aliphatic carbocycles. The topological polar surface area (TPSA) is 81.7 Å². The van der Waals surface area contributed by atoms with E-state index in [2.05, 4.69) is 32.0 Å². The van der Waals surface area contributed by atoms with Crippen molar-refractivity contribution in [2.24, 2.45) is 0 Å². The zero-order chi connectivity index (χ0) is 21.4. The van der Waals surface area contributed by atoms with Crippen LogP contribution in [0.25, 0.3) is 0 Å². The normalized spacial score (nSPS) is 15.2. The van der Waals surface area contributed by atoms with Crippen LogP contribution in [0.15, 0.2) is 59.5 Å². The molecule has 0 bridgehead atoms. The molecule has 2 N–H and O–H groups in total. The molecule has 2 aromatic rings. The van der Waals surface area contributed by atoms with Crippen LogP contribution in [0.1, 0.15) is 19.8 Å². The monoisotopic (exact) mass is 430 g/mol. The lowest BCUT2D eigenvalue weighted by atomic mass is 10.2. The maximum absolute atomic E-state index is 12.5. The van der Waals surface area contributed by atoms with Gasteiger partial charge in [0.1, 0.15) is 0 Å². The van der Waals surface area contributed by atoms with Crippen LogP contribution in [0.5, 0.6) is 0 Å². The van der Waals surface area contributed by atoms with Crippen molar-refractivity contribution < 1.29 is 13.2 Å². The average Bonchev–Trinajstić information content (AvgIpc) is 2.75. The highest BCUT2D eigenvalue weighted by Gasteiger charge is 2.18. The zero-order valence-electron chi connectivity index (χ0n) is 17.4. The summed E-state index contributed by atoms with van der Waals surface area (Å²) in [7, 11) is -3.57. The lowest BCUT2D eigenvalue weighted by Crippen LogP contribution is -2.48. The number of anilines is 2. The minimum Gasteiger partial charge on any atom is -0.369 e. The quantitative estimate of drug-likeness (QED) is 0.639. The van der Waals surface area contributed by atoms with Gasteiger partial charge in [-0.3, -0.25) is 9.69 Å². The summed E-state index contributed by atoms with van der Waals surface area (Å²) in [5.74, 6) is -0.0707. The Kier molecular flexibility index (Phi) is 7.84. The Labute approximate surface area is 179 Å². The zero-order valence-corrected chi connectivity index (χ0v) is 18.2. The molecule has 8 heteroatoms. The lowest BCUT2D eigenvalue weighted by molar-refractivity contribution is -0.116. The molecule has 7 nitrogen and oxygen atoms in total. The summed E-state index contributed by atoms with van der Waals surface area (Å²) in [5, 5.41) is 2.76. The number of carbonyl (C=O) groups excluding carboxylic acids is 1. The van der Waals surface area contributed by atoms with E-state index in [1.165, 1.54) is 17.8 Å². The van der Waals surface area contributed by atoms with Gasteiger partial charge in [0, 0.05) is 57.1 Å². The van der Waals surface area contributed by atoms with E-state index in [1.807, 2.05) is 25.1 Å². The molecule has 0 unspecified atom stereocenters. The summed E-state index contributed by atoms with van der Waals surface area (Å²) < 4.78 is 27.7. The van der Waals surface area contributed by atoms with Crippen LogP contribution in [0.4, 0.5) is 11.4 Å². The van der Waals surface area contributed by atoms with Gasteiger partial charge in [0.25, 0.3) is 0 Å². The first-order valence-corrected chi connectivity index (χ1v) is 11.9. The van der Waals surface area contributed by atoms with Gasteiger partial charge >= 0.3 is 0 Å². The molecule has 0 spiro atoms. The number of benzene rings is 2. The minimum absolute atomic E-state index is 0.0707. The van der Waals surface area contributed by atoms with Gasteiger partial charge in [-0.05, 0) is 42.8 Å². The molecular formula is C22H30N4O3S. The highest BCUT2D eigenvalue weighted by atomic mass is 32.2. The third-order valence-electron chi connectivity index (χ3n) is 5.14. The first-order chi connectivity index (χ1) is 14.5. The Hall–Kier alpha value is -2.42. The van der Waals surface area contributed by atoms with E-state index in [9.17, 15) is 13.2 Å². The standard InChI is InChI=1S/C22H30N4O3S/c1-2-6-22(27)24-19-9-11-21(12-10-19)30(28,29)23-13-14-25-15-17-26(18-16-25)20-7-4-3-5-8-20/h3-5,7-12,23H,2,6,13-18H2,1H3,(H,24,27). The molecule has 1 aliphatic heterocycles. The minimum atomic E-state index is -3.57. The van der Waals surface area contributed by atoms with Crippen molar-refractivity contribution in [3.63, 3.8) is 0 Å². The number of nitrogens with one attached hydrogen (secondary N) is 2. The maximum atomic E-state index is 12.5. The molecule has 1 heterocycles. The van der Waals surface area contributed by atoms with Crippen LogP contribution < -0.4 is 14.9 Å². The largest absolute Gasteiger partial charge is 0.369 e. The van der Waals surface area contributed by atoms with Gasteiger partial charge in [-0.25, -0.2) is 13.1 Å². The Bertz CT molecular complexity index is 909. The van der Waals surface area contributed by atoms with E-state index in [1.54, 1.807) is 12.1 Å². The van der Waals surface area contributed by atoms with Crippen molar-refractivity contribution >= 4 is 27.3 Å². The molecule has 1 fully saturated rings. The summed E-state index contributed by atoms with van der Waals surface area (Å²) in [6.07, 6.45) is 1.21. The van der Waals surface area contributed by atoms with E-state index < -0.39 is 10.0 Å². The third kappa shape index (κ3) is 6.29. The maximum Gasteiger partial charge on any atom is 0.240 e. The molecule has 0 atom stereocenters. The SMILES string of the molecule is CCCC(=O)Nc1ccc(S(=O)(=O)NCCN2CCN(c3ccccc3)CC2)cc1. The fourth-order valence-corrected chi connectivity index (χ4v) is 4.48. The van der Waals surface area contributed by atoms with Crippen LogP contribution in [0, 0.1) is 0 Å². The van der Waals surface area contributed by atoms with E-state index in [-0.39, 0.29) is 10.8 Å². The number of sulfonamides is 1. The van der Waals surface area contributed by atoms with Gasteiger partial charge < -0.3 is 10.2 Å². The first kappa shape index (κ1) is 22.3. The lowest BCUT2D eigenvalue weighted by Gasteiger charge is -2.36. The Morgan fingerprint density at radius 2 is 1.63 bits per heavy atom. The van der Waals surface area contributed by atoms with Crippen LogP contribution in [0.3, 0.4) is 0 Å². The number of hydrogen-bond donors (Lipinski definition) is 2. The predicted molar refractivity (Wildman–Crippen MR) is 120 cm³/mol. The van der Waals surface area contributed by atoms with Crippen molar-refractivity contribution in [2.45, 2.75) is 24.7 Å². The van der Waals surface area contributed by atoms with Gasteiger partial charge in [0.15, 0.2) is 0 Å². The van der Waals surface area contributed by atoms with Gasteiger partial charge in [0.2, 0.25) is 15.9 Å². The van der Waals surface area contributed by atoms with Crippen molar-refractivity contribution in [1.82, 2.24) is 9.62 Å². The van der Waals surface area contributed by atoms with E-state index >= 15 is 0 Å². The second-order valence-electron chi connectivity index (χ2n) is 7.38. The molecule has 162 valence electrons. The summed E-state index contributed by atoms with van der Waals surface area (Å²) in [6.45, 7) is 6.65. The van der Waals surface area contributed by atoms with E-state index in [0.717, 1.165) is 32.6 Å². The third-order valence-corrected chi connectivity index (χ3v) is 6.62.